The molecule has 4 heteroatoms. The SMILES string of the molecule is CC(C)Cc1cc(C(=N)N)ncn1. The summed E-state index contributed by atoms with van der Waals surface area (Å²) < 4.78 is 0. The van der Waals surface area contributed by atoms with Crippen molar-refractivity contribution in [2.24, 2.45) is 11.7 Å². The molecule has 0 saturated heterocycles. The van der Waals surface area contributed by atoms with Crippen LogP contribution in [-0.2, 0) is 6.42 Å². The Balaban J connectivity index is 2.85. The van der Waals surface area contributed by atoms with Crippen molar-refractivity contribution in [1.29, 1.82) is 5.41 Å². The van der Waals surface area contributed by atoms with E-state index in [1.165, 1.54) is 6.33 Å². The minimum atomic E-state index is -0.00703. The molecule has 0 radical (unpaired) electrons. The van der Waals surface area contributed by atoms with E-state index in [0.717, 1.165) is 12.1 Å². The molecule has 0 aliphatic carbocycles. The Morgan fingerprint density at radius 2 is 2.23 bits per heavy atom. The topological polar surface area (TPSA) is 75.7 Å². The van der Waals surface area contributed by atoms with Crippen LogP contribution < -0.4 is 5.73 Å². The molecule has 13 heavy (non-hydrogen) atoms. The van der Waals surface area contributed by atoms with E-state index in [0.29, 0.717) is 11.6 Å². The van der Waals surface area contributed by atoms with Gasteiger partial charge in [0, 0.05) is 5.69 Å². The first-order chi connectivity index (χ1) is 6.09. The van der Waals surface area contributed by atoms with E-state index in [1.807, 2.05) is 0 Å². The Hall–Kier alpha value is -1.45. The average Bonchev–Trinajstić information content (AvgIpc) is 2.03. The van der Waals surface area contributed by atoms with Crippen LogP contribution in [0, 0.1) is 11.3 Å². The third-order valence-electron chi connectivity index (χ3n) is 1.62. The van der Waals surface area contributed by atoms with Crippen LogP contribution in [0.3, 0.4) is 0 Å². The number of rotatable bonds is 3. The van der Waals surface area contributed by atoms with Crippen LogP contribution >= 0.6 is 0 Å². The van der Waals surface area contributed by atoms with Crippen molar-refractivity contribution in [3.8, 4) is 0 Å². The molecule has 0 fully saturated rings. The minimum Gasteiger partial charge on any atom is -0.382 e. The first kappa shape index (κ1) is 9.64. The van der Waals surface area contributed by atoms with Gasteiger partial charge in [0.1, 0.15) is 17.9 Å². The van der Waals surface area contributed by atoms with Gasteiger partial charge in [-0.25, -0.2) is 9.97 Å². The lowest BCUT2D eigenvalue weighted by molar-refractivity contribution is 0.633. The first-order valence-electron chi connectivity index (χ1n) is 4.25. The lowest BCUT2D eigenvalue weighted by atomic mass is 10.1. The summed E-state index contributed by atoms with van der Waals surface area (Å²) in [4.78, 5) is 7.98. The van der Waals surface area contributed by atoms with Crippen molar-refractivity contribution in [3.63, 3.8) is 0 Å². The van der Waals surface area contributed by atoms with Crippen molar-refractivity contribution >= 4 is 5.84 Å². The van der Waals surface area contributed by atoms with E-state index >= 15 is 0 Å². The highest BCUT2D eigenvalue weighted by atomic mass is 14.9. The maximum Gasteiger partial charge on any atom is 0.141 e. The summed E-state index contributed by atoms with van der Waals surface area (Å²) in [6.07, 6.45) is 2.34. The second-order valence-electron chi connectivity index (χ2n) is 3.41. The first-order valence-corrected chi connectivity index (χ1v) is 4.25. The van der Waals surface area contributed by atoms with E-state index in [9.17, 15) is 0 Å². The van der Waals surface area contributed by atoms with E-state index in [-0.39, 0.29) is 5.84 Å². The quantitative estimate of drug-likeness (QED) is 0.534. The Bertz CT molecular complexity index is 306. The van der Waals surface area contributed by atoms with Gasteiger partial charge in [0.2, 0.25) is 0 Å². The van der Waals surface area contributed by atoms with Gasteiger partial charge in [-0.1, -0.05) is 13.8 Å². The Kier molecular flexibility index (Phi) is 2.95. The molecular weight excluding hydrogens is 164 g/mol. The zero-order valence-electron chi connectivity index (χ0n) is 7.91. The van der Waals surface area contributed by atoms with Gasteiger partial charge in [-0.2, -0.15) is 0 Å². The summed E-state index contributed by atoms with van der Waals surface area (Å²) in [6, 6.07) is 1.77. The number of hydrogen-bond acceptors (Lipinski definition) is 3. The van der Waals surface area contributed by atoms with Crippen molar-refractivity contribution in [2.75, 3.05) is 0 Å². The van der Waals surface area contributed by atoms with E-state index < -0.39 is 0 Å². The Morgan fingerprint density at radius 3 is 2.77 bits per heavy atom. The Morgan fingerprint density at radius 1 is 1.54 bits per heavy atom. The molecule has 0 bridgehead atoms. The van der Waals surface area contributed by atoms with E-state index in [4.69, 9.17) is 11.1 Å². The van der Waals surface area contributed by atoms with Gasteiger partial charge in [-0.15, -0.1) is 0 Å². The molecule has 0 unspecified atom stereocenters. The number of amidine groups is 1. The third-order valence-corrected chi connectivity index (χ3v) is 1.62. The summed E-state index contributed by atoms with van der Waals surface area (Å²) in [6.45, 7) is 4.24. The van der Waals surface area contributed by atoms with Gasteiger partial charge in [0.15, 0.2) is 0 Å². The van der Waals surface area contributed by atoms with Crippen LogP contribution in [0.25, 0.3) is 0 Å². The monoisotopic (exact) mass is 178 g/mol. The summed E-state index contributed by atoms with van der Waals surface area (Å²) in [7, 11) is 0. The number of hydrogen-bond donors (Lipinski definition) is 2. The lowest BCUT2D eigenvalue weighted by Crippen LogP contribution is -2.14. The van der Waals surface area contributed by atoms with Crippen molar-refractivity contribution < 1.29 is 0 Å². The maximum atomic E-state index is 7.20. The lowest BCUT2D eigenvalue weighted by Gasteiger charge is -2.04. The minimum absolute atomic E-state index is 0.00703. The van der Waals surface area contributed by atoms with Crippen molar-refractivity contribution in [1.82, 2.24) is 9.97 Å². The van der Waals surface area contributed by atoms with Crippen LogP contribution in [0.15, 0.2) is 12.4 Å². The smallest absolute Gasteiger partial charge is 0.141 e. The summed E-state index contributed by atoms with van der Waals surface area (Å²) in [5, 5.41) is 7.20. The molecule has 0 aromatic carbocycles. The molecule has 1 aromatic rings. The van der Waals surface area contributed by atoms with Crippen LogP contribution in [0.4, 0.5) is 0 Å². The standard InChI is InChI=1S/C9H14N4/c1-6(2)3-7-4-8(9(10)11)13-5-12-7/h4-6H,3H2,1-2H3,(H3,10,11). The highest BCUT2D eigenvalue weighted by molar-refractivity contribution is 5.92. The van der Waals surface area contributed by atoms with Gasteiger partial charge in [-0.05, 0) is 18.4 Å². The highest BCUT2D eigenvalue weighted by Gasteiger charge is 2.02. The predicted octanol–water partition coefficient (Wildman–Crippen LogP) is 0.959. The molecule has 1 heterocycles. The molecule has 0 aliphatic rings. The maximum absolute atomic E-state index is 7.20. The van der Waals surface area contributed by atoms with Gasteiger partial charge in [0.25, 0.3) is 0 Å². The fourth-order valence-corrected chi connectivity index (χ4v) is 1.07. The fourth-order valence-electron chi connectivity index (χ4n) is 1.07. The molecule has 1 aromatic heterocycles. The van der Waals surface area contributed by atoms with Crippen LogP contribution in [0.2, 0.25) is 0 Å². The van der Waals surface area contributed by atoms with Gasteiger partial charge in [0.05, 0.1) is 0 Å². The summed E-state index contributed by atoms with van der Waals surface area (Å²) in [5.41, 5.74) is 6.75. The largest absolute Gasteiger partial charge is 0.382 e. The van der Waals surface area contributed by atoms with Gasteiger partial charge in [-0.3, -0.25) is 5.41 Å². The fraction of sp³-hybridized carbons (Fsp3) is 0.444. The number of nitrogens with zero attached hydrogens (tertiary/aromatic N) is 2. The highest BCUT2D eigenvalue weighted by Crippen LogP contribution is 2.05. The normalized spacial score (nSPS) is 10.4. The molecule has 0 aliphatic heterocycles. The number of nitrogens with two attached hydrogens (primary N) is 1. The second-order valence-corrected chi connectivity index (χ2v) is 3.41. The third kappa shape index (κ3) is 2.82. The molecular formula is C9H14N4. The molecule has 0 amide bonds. The zero-order chi connectivity index (χ0) is 9.84. The summed E-state index contributed by atoms with van der Waals surface area (Å²) >= 11 is 0. The molecule has 3 N–H and O–H groups in total. The molecule has 70 valence electrons. The number of nitrogen functional groups attached to an aromatic ring is 1. The molecule has 0 saturated carbocycles. The van der Waals surface area contributed by atoms with Gasteiger partial charge >= 0.3 is 0 Å². The van der Waals surface area contributed by atoms with Gasteiger partial charge < -0.3 is 5.73 Å². The predicted molar refractivity (Wildman–Crippen MR) is 51.6 cm³/mol. The van der Waals surface area contributed by atoms with Crippen molar-refractivity contribution in [3.05, 3.63) is 23.8 Å². The molecule has 4 nitrogen and oxygen atoms in total. The number of aromatic nitrogens is 2. The van der Waals surface area contributed by atoms with Crippen LogP contribution in [0.1, 0.15) is 25.2 Å². The molecule has 0 spiro atoms. The zero-order valence-corrected chi connectivity index (χ0v) is 7.91. The van der Waals surface area contributed by atoms with E-state index in [2.05, 4.69) is 23.8 Å². The summed E-state index contributed by atoms with van der Waals surface area (Å²) in [5.74, 6) is 0.544. The molecule has 1 rings (SSSR count). The second kappa shape index (κ2) is 3.98. The van der Waals surface area contributed by atoms with Crippen LogP contribution in [-0.4, -0.2) is 15.8 Å². The number of nitrogens with one attached hydrogen (secondary N) is 1. The average molecular weight is 178 g/mol. The Labute approximate surface area is 77.7 Å². The van der Waals surface area contributed by atoms with Crippen molar-refractivity contribution in [2.45, 2.75) is 20.3 Å². The molecule has 0 atom stereocenters. The van der Waals surface area contributed by atoms with Crippen LogP contribution in [0.5, 0.6) is 0 Å². The van der Waals surface area contributed by atoms with E-state index in [1.54, 1.807) is 6.07 Å².